The molecule has 1 aromatic carbocycles. The molecule has 0 aliphatic carbocycles. The van der Waals surface area contributed by atoms with Gasteiger partial charge in [0.25, 0.3) is 0 Å². The van der Waals surface area contributed by atoms with Gasteiger partial charge in [-0.05, 0) is 30.7 Å². The second kappa shape index (κ2) is 6.81. The van der Waals surface area contributed by atoms with Crippen LogP contribution >= 0.6 is 11.8 Å². The molecule has 0 atom stereocenters. The number of rotatable bonds is 6. The Balaban J connectivity index is 1.97. The number of aromatic amines is 1. The van der Waals surface area contributed by atoms with Crippen LogP contribution in [0.1, 0.15) is 12.8 Å². The Labute approximate surface area is 116 Å². The summed E-state index contributed by atoms with van der Waals surface area (Å²) in [6.45, 7) is 0. The minimum atomic E-state index is 0.572. The van der Waals surface area contributed by atoms with E-state index in [1.807, 2.05) is 24.3 Å². The SMILES string of the molecule is COc1ccc(-c2nc(SCCCC#N)n[nH]2)cc1. The highest BCUT2D eigenvalue weighted by Crippen LogP contribution is 2.22. The smallest absolute Gasteiger partial charge is 0.208 e. The number of aromatic nitrogens is 3. The molecule has 0 fully saturated rings. The van der Waals surface area contributed by atoms with Gasteiger partial charge in [0.1, 0.15) is 5.75 Å². The molecule has 19 heavy (non-hydrogen) atoms. The first-order valence-corrected chi connectivity index (χ1v) is 6.88. The fourth-order valence-electron chi connectivity index (χ4n) is 1.50. The van der Waals surface area contributed by atoms with Crippen molar-refractivity contribution in [3.05, 3.63) is 24.3 Å². The molecule has 1 N–H and O–H groups in total. The van der Waals surface area contributed by atoms with Gasteiger partial charge < -0.3 is 4.74 Å². The molecule has 0 radical (unpaired) electrons. The van der Waals surface area contributed by atoms with E-state index >= 15 is 0 Å². The third-order valence-corrected chi connectivity index (χ3v) is 3.43. The zero-order valence-electron chi connectivity index (χ0n) is 10.6. The second-order valence-corrected chi connectivity index (χ2v) is 4.87. The number of ether oxygens (including phenoxy) is 1. The van der Waals surface area contributed by atoms with E-state index < -0.39 is 0 Å². The summed E-state index contributed by atoms with van der Waals surface area (Å²) in [5, 5.41) is 16.2. The van der Waals surface area contributed by atoms with Gasteiger partial charge in [-0.2, -0.15) is 5.26 Å². The summed E-state index contributed by atoms with van der Waals surface area (Å²) in [7, 11) is 1.64. The fourth-order valence-corrected chi connectivity index (χ4v) is 2.24. The van der Waals surface area contributed by atoms with Crippen LogP contribution in [0.25, 0.3) is 11.4 Å². The number of hydrogen-bond acceptors (Lipinski definition) is 5. The number of hydrogen-bond donors (Lipinski definition) is 1. The maximum Gasteiger partial charge on any atom is 0.208 e. The zero-order chi connectivity index (χ0) is 13.5. The molecule has 1 heterocycles. The molecule has 0 spiro atoms. The molecule has 6 heteroatoms. The molecular formula is C13H14N4OS. The van der Waals surface area contributed by atoms with E-state index in [4.69, 9.17) is 10.00 Å². The van der Waals surface area contributed by atoms with E-state index in [-0.39, 0.29) is 0 Å². The predicted octanol–water partition coefficient (Wildman–Crippen LogP) is 2.88. The highest BCUT2D eigenvalue weighted by Gasteiger charge is 2.06. The van der Waals surface area contributed by atoms with Crippen molar-refractivity contribution in [1.29, 1.82) is 5.26 Å². The van der Waals surface area contributed by atoms with Crippen LogP contribution in [0.3, 0.4) is 0 Å². The van der Waals surface area contributed by atoms with Gasteiger partial charge in [0.15, 0.2) is 5.82 Å². The van der Waals surface area contributed by atoms with Crippen molar-refractivity contribution >= 4 is 11.8 Å². The number of thioether (sulfide) groups is 1. The highest BCUT2D eigenvalue weighted by molar-refractivity contribution is 7.99. The van der Waals surface area contributed by atoms with Crippen LogP contribution in [0.2, 0.25) is 0 Å². The van der Waals surface area contributed by atoms with E-state index in [9.17, 15) is 0 Å². The van der Waals surface area contributed by atoms with Gasteiger partial charge >= 0.3 is 0 Å². The number of nitrogens with zero attached hydrogens (tertiary/aromatic N) is 3. The summed E-state index contributed by atoms with van der Waals surface area (Å²) >= 11 is 1.55. The second-order valence-electron chi connectivity index (χ2n) is 3.81. The average molecular weight is 274 g/mol. The van der Waals surface area contributed by atoms with E-state index in [2.05, 4.69) is 21.3 Å². The van der Waals surface area contributed by atoms with Crippen molar-refractivity contribution in [1.82, 2.24) is 15.2 Å². The monoisotopic (exact) mass is 274 g/mol. The molecule has 1 aromatic heterocycles. The van der Waals surface area contributed by atoms with Crippen LogP contribution in [0.4, 0.5) is 0 Å². The molecule has 0 amide bonds. The van der Waals surface area contributed by atoms with Crippen LogP contribution in [0.5, 0.6) is 5.75 Å². The lowest BCUT2D eigenvalue weighted by Gasteiger charge is -1.99. The average Bonchev–Trinajstić information content (AvgIpc) is 2.92. The molecular weight excluding hydrogens is 260 g/mol. The number of benzene rings is 1. The lowest BCUT2D eigenvalue weighted by molar-refractivity contribution is 0.415. The molecule has 2 rings (SSSR count). The van der Waals surface area contributed by atoms with E-state index in [1.54, 1.807) is 18.9 Å². The maximum absolute atomic E-state index is 8.45. The minimum Gasteiger partial charge on any atom is -0.497 e. The fraction of sp³-hybridized carbons (Fsp3) is 0.308. The van der Waals surface area contributed by atoms with Gasteiger partial charge in [-0.3, -0.25) is 5.10 Å². The van der Waals surface area contributed by atoms with E-state index in [1.165, 1.54) is 0 Å². The standard InChI is InChI=1S/C13H14N4OS/c1-18-11-6-4-10(5-7-11)12-15-13(17-16-12)19-9-3-2-8-14/h4-7H,2-3,9H2,1H3,(H,15,16,17). The lowest BCUT2D eigenvalue weighted by atomic mass is 10.2. The van der Waals surface area contributed by atoms with Crippen molar-refractivity contribution in [3.63, 3.8) is 0 Å². The van der Waals surface area contributed by atoms with Gasteiger partial charge in [-0.1, -0.05) is 11.8 Å². The Morgan fingerprint density at radius 2 is 2.16 bits per heavy atom. The Morgan fingerprint density at radius 1 is 1.37 bits per heavy atom. The normalized spacial score (nSPS) is 10.1. The van der Waals surface area contributed by atoms with Crippen molar-refractivity contribution in [3.8, 4) is 23.2 Å². The molecule has 0 saturated carbocycles. The Kier molecular flexibility index (Phi) is 4.81. The third kappa shape index (κ3) is 3.73. The van der Waals surface area contributed by atoms with Crippen LogP contribution in [0.15, 0.2) is 29.4 Å². The van der Waals surface area contributed by atoms with E-state index in [0.29, 0.717) is 11.6 Å². The maximum atomic E-state index is 8.45. The highest BCUT2D eigenvalue weighted by atomic mass is 32.2. The Morgan fingerprint density at radius 3 is 2.84 bits per heavy atom. The number of nitrogens with one attached hydrogen (secondary N) is 1. The van der Waals surface area contributed by atoms with Crippen molar-refractivity contribution in [2.45, 2.75) is 18.0 Å². The summed E-state index contributed by atoms with van der Waals surface area (Å²) in [6, 6.07) is 9.76. The zero-order valence-corrected chi connectivity index (χ0v) is 11.4. The van der Waals surface area contributed by atoms with E-state index in [0.717, 1.165) is 29.3 Å². The number of nitriles is 1. The molecule has 0 bridgehead atoms. The predicted molar refractivity (Wildman–Crippen MR) is 73.9 cm³/mol. The third-order valence-electron chi connectivity index (χ3n) is 2.49. The van der Waals surface area contributed by atoms with Gasteiger partial charge in [0.05, 0.1) is 13.2 Å². The van der Waals surface area contributed by atoms with Crippen LogP contribution in [0, 0.1) is 11.3 Å². The van der Waals surface area contributed by atoms with Crippen LogP contribution in [-0.4, -0.2) is 28.0 Å². The van der Waals surface area contributed by atoms with Gasteiger partial charge in [0.2, 0.25) is 5.16 Å². The van der Waals surface area contributed by atoms with Gasteiger partial charge in [-0.15, -0.1) is 5.10 Å². The minimum absolute atomic E-state index is 0.572. The largest absolute Gasteiger partial charge is 0.497 e. The lowest BCUT2D eigenvalue weighted by Crippen LogP contribution is -1.84. The number of H-pyrrole nitrogens is 1. The molecule has 0 unspecified atom stereocenters. The molecule has 0 aliphatic rings. The molecule has 0 saturated heterocycles. The Hall–Kier alpha value is -2.00. The van der Waals surface area contributed by atoms with Crippen LogP contribution in [-0.2, 0) is 0 Å². The first kappa shape index (κ1) is 13.4. The molecule has 98 valence electrons. The Bertz CT molecular complexity index is 559. The quantitative estimate of drug-likeness (QED) is 0.647. The topological polar surface area (TPSA) is 74.6 Å². The molecule has 5 nitrogen and oxygen atoms in total. The van der Waals surface area contributed by atoms with Crippen molar-refractivity contribution in [2.75, 3.05) is 12.9 Å². The summed E-state index contributed by atoms with van der Waals surface area (Å²) in [4.78, 5) is 4.41. The van der Waals surface area contributed by atoms with Gasteiger partial charge in [-0.25, -0.2) is 4.98 Å². The molecule has 0 aliphatic heterocycles. The first-order chi connectivity index (χ1) is 9.33. The molecule has 2 aromatic rings. The number of unbranched alkanes of at least 4 members (excludes halogenated alkanes) is 1. The number of methoxy groups -OCH3 is 1. The van der Waals surface area contributed by atoms with Crippen LogP contribution < -0.4 is 4.74 Å². The first-order valence-electron chi connectivity index (χ1n) is 5.90. The summed E-state index contributed by atoms with van der Waals surface area (Å²) in [6.07, 6.45) is 1.43. The van der Waals surface area contributed by atoms with Crippen molar-refractivity contribution < 1.29 is 4.74 Å². The van der Waals surface area contributed by atoms with Crippen molar-refractivity contribution in [2.24, 2.45) is 0 Å². The summed E-state index contributed by atoms with van der Waals surface area (Å²) in [5.74, 6) is 2.41. The summed E-state index contributed by atoms with van der Waals surface area (Å²) in [5.41, 5.74) is 0.970. The van der Waals surface area contributed by atoms with Gasteiger partial charge in [0, 0.05) is 17.7 Å². The summed E-state index contributed by atoms with van der Waals surface area (Å²) < 4.78 is 5.11.